The number of sulfonamides is 1. The average molecular weight is 483 g/mol. The van der Waals surface area contributed by atoms with E-state index in [4.69, 9.17) is 0 Å². The smallest absolute Gasteiger partial charge is 0.322 e. The molecule has 4 aromatic rings. The third kappa shape index (κ3) is 4.88. The number of hydrogen-bond donors (Lipinski definition) is 2. The van der Waals surface area contributed by atoms with Gasteiger partial charge >= 0.3 is 5.97 Å². The first-order valence-electron chi connectivity index (χ1n) is 10.6. The third-order valence-electron chi connectivity index (χ3n) is 5.66. The Hall–Kier alpha value is -2.94. The number of thiophene rings is 1. The summed E-state index contributed by atoms with van der Waals surface area (Å²) in [5.74, 6) is -1.57. The molecule has 0 spiro atoms. The molecule has 0 aliphatic heterocycles. The van der Waals surface area contributed by atoms with Crippen LogP contribution < -0.4 is 9.62 Å². The Morgan fingerprint density at radius 3 is 2.27 bits per heavy atom. The molecule has 4 rings (SSSR count). The third-order valence-corrected chi connectivity index (χ3v) is 8.21. The quantitative estimate of drug-likeness (QED) is 0.366. The zero-order chi connectivity index (χ0) is 23.8. The lowest BCUT2D eigenvalue weighted by Gasteiger charge is -2.19. The highest BCUT2D eigenvalue weighted by Gasteiger charge is 2.28. The van der Waals surface area contributed by atoms with Gasteiger partial charge in [-0.2, -0.15) is 4.72 Å². The number of rotatable bonds is 8. The number of aliphatic carboxylic acids is 1. The van der Waals surface area contributed by atoms with Crippen LogP contribution in [0.1, 0.15) is 19.4 Å². The Morgan fingerprint density at radius 1 is 1.00 bits per heavy atom. The molecule has 0 bridgehead atoms. The van der Waals surface area contributed by atoms with Gasteiger partial charge in [0.2, 0.25) is 10.0 Å². The maximum atomic E-state index is 12.9. The van der Waals surface area contributed by atoms with E-state index in [2.05, 4.69) is 40.0 Å². The lowest BCUT2D eigenvalue weighted by Crippen LogP contribution is -2.44. The van der Waals surface area contributed by atoms with Crippen molar-refractivity contribution in [3.63, 3.8) is 0 Å². The van der Waals surface area contributed by atoms with E-state index < -0.39 is 22.0 Å². The lowest BCUT2D eigenvalue weighted by atomic mass is 10.1. The van der Waals surface area contributed by atoms with Crippen molar-refractivity contribution in [1.29, 1.82) is 0 Å². The van der Waals surface area contributed by atoms with Crippen LogP contribution in [0.25, 0.3) is 20.2 Å². The van der Waals surface area contributed by atoms with Gasteiger partial charge in [0.1, 0.15) is 6.04 Å². The molecule has 1 aromatic heterocycles. The molecule has 3 aromatic carbocycles. The average Bonchev–Trinajstić information content (AvgIpc) is 3.15. The number of benzene rings is 3. The van der Waals surface area contributed by atoms with Crippen molar-refractivity contribution in [2.24, 2.45) is 5.92 Å². The topological polar surface area (TPSA) is 86.7 Å². The molecule has 8 heteroatoms. The van der Waals surface area contributed by atoms with E-state index in [0.29, 0.717) is 0 Å². The fraction of sp³-hybridized carbons (Fsp3) is 0.240. The van der Waals surface area contributed by atoms with E-state index in [9.17, 15) is 18.3 Å². The Bertz CT molecular complexity index is 1410. The van der Waals surface area contributed by atoms with E-state index in [1.807, 2.05) is 25.2 Å². The maximum absolute atomic E-state index is 12.9. The molecule has 2 N–H and O–H groups in total. The molecule has 0 amide bonds. The molecule has 0 radical (unpaired) electrons. The fourth-order valence-corrected chi connectivity index (χ4v) is 6.42. The van der Waals surface area contributed by atoms with Crippen LogP contribution in [0.4, 0.5) is 5.69 Å². The predicted molar refractivity (Wildman–Crippen MR) is 134 cm³/mol. The Morgan fingerprint density at radius 2 is 1.64 bits per heavy atom. The van der Waals surface area contributed by atoms with Crippen LogP contribution in [-0.4, -0.2) is 32.6 Å². The number of carboxylic acid groups (broad SMARTS) is 1. The fourth-order valence-electron chi connectivity index (χ4n) is 3.81. The summed E-state index contributed by atoms with van der Waals surface area (Å²) in [4.78, 5) is 13.7. The first kappa shape index (κ1) is 23.2. The van der Waals surface area contributed by atoms with Gasteiger partial charge in [0.05, 0.1) is 4.90 Å². The van der Waals surface area contributed by atoms with Gasteiger partial charge in [-0.25, -0.2) is 8.42 Å². The number of nitrogens with zero attached hydrogens (tertiary/aromatic N) is 1. The predicted octanol–water partition coefficient (Wildman–Crippen LogP) is 5.08. The number of fused-ring (bicyclic) bond motifs is 3. The van der Waals surface area contributed by atoms with Gasteiger partial charge in [-0.1, -0.05) is 56.3 Å². The number of hydrogen-bond acceptors (Lipinski definition) is 5. The zero-order valence-corrected chi connectivity index (χ0v) is 20.3. The zero-order valence-electron chi connectivity index (χ0n) is 18.6. The molecule has 1 atom stereocenters. The number of anilines is 1. The molecule has 0 fully saturated rings. The standard InChI is InChI=1S/C25H26N2O4S2/c1-16(2)24(25(28)29)26-33(30,31)19-10-12-21-20-11-9-18(13-22(20)32-23(21)14-19)27(3)15-17-7-5-4-6-8-17/h4-14,16,24,26H,15H2,1-3H3,(H,28,29)/t24-/m0/s1. The van der Waals surface area contributed by atoms with E-state index in [-0.39, 0.29) is 10.8 Å². The molecule has 33 heavy (non-hydrogen) atoms. The van der Waals surface area contributed by atoms with Crippen molar-refractivity contribution in [2.75, 3.05) is 11.9 Å². The molecule has 0 unspecified atom stereocenters. The minimum absolute atomic E-state index is 0.0647. The minimum atomic E-state index is -3.97. The second-order valence-electron chi connectivity index (χ2n) is 8.46. The monoisotopic (exact) mass is 482 g/mol. The van der Waals surface area contributed by atoms with Crippen LogP contribution in [0.2, 0.25) is 0 Å². The second-order valence-corrected chi connectivity index (χ2v) is 11.3. The molecule has 0 saturated carbocycles. The molecule has 0 saturated heterocycles. The van der Waals surface area contributed by atoms with Gasteiger partial charge in [-0.3, -0.25) is 4.79 Å². The van der Waals surface area contributed by atoms with Gasteiger partial charge in [-0.05, 0) is 35.7 Å². The molecule has 172 valence electrons. The van der Waals surface area contributed by atoms with Crippen molar-refractivity contribution in [1.82, 2.24) is 4.72 Å². The molecule has 6 nitrogen and oxygen atoms in total. The van der Waals surface area contributed by atoms with Crippen LogP contribution in [0.5, 0.6) is 0 Å². The van der Waals surface area contributed by atoms with Crippen molar-refractivity contribution in [2.45, 2.75) is 31.3 Å². The van der Waals surface area contributed by atoms with Crippen LogP contribution in [-0.2, 0) is 21.4 Å². The lowest BCUT2D eigenvalue weighted by molar-refractivity contribution is -0.140. The van der Waals surface area contributed by atoms with Crippen molar-refractivity contribution in [3.8, 4) is 0 Å². The van der Waals surface area contributed by atoms with Crippen molar-refractivity contribution >= 4 is 53.2 Å². The first-order chi connectivity index (χ1) is 15.7. The molecule has 0 aliphatic rings. The summed E-state index contributed by atoms with van der Waals surface area (Å²) >= 11 is 1.53. The number of nitrogens with one attached hydrogen (secondary N) is 1. The summed E-state index contributed by atoms with van der Waals surface area (Å²) in [6.45, 7) is 4.12. The molecule has 1 heterocycles. The van der Waals surface area contributed by atoms with Gasteiger partial charge in [0.25, 0.3) is 0 Å². The highest BCUT2D eigenvalue weighted by molar-refractivity contribution is 7.89. The normalized spacial score (nSPS) is 13.0. The van der Waals surface area contributed by atoms with Crippen LogP contribution >= 0.6 is 11.3 Å². The van der Waals surface area contributed by atoms with Gasteiger partial charge in [0, 0.05) is 39.5 Å². The van der Waals surface area contributed by atoms with Crippen molar-refractivity contribution < 1.29 is 18.3 Å². The van der Waals surface area contributed by atoms with E-state index in [0.717, 1.165) is 32.4 Å². The molecular weight excluding hydrogens is 456 g/mol. The second kappa shape index (κ2) is 9.13. The number of carboxylic acids is 1. The largest absolute Gasteiger partial charge is 0.480 e. The van der Waals surface area contributed by atoms with Crippen LogP contribution in [0.3, 0.4) is 0 Å². The SMILES string of the molecule is CC(C)[C@H](NS(=O)(=O)c1ccc2c(c1)sc1cc(N(C)Cc3ccccc3)ccc12)C(=O)O. The summed E-state index contributed by atoms with van der Waals surface area (Å²) in [7, 11) is -1.92. The Kier molecular flexibility index (Phi) is 6.43. The van der Waals surface area contributed by atoms with Crippen LogP contribution in [0, 0.1) is 5.92 Å². The van der Waals surface area contributed by atoms with E-state index in [1.54, 1.807) is 26.0 Å². The minimum Gasteiger partial charge on any atom is -0.480 e. The highest BCUT2D eigenvalue weighted by Crippen LogP contribution is 2.37. The van der Waals surface area contributed by atoms with E-state index >= 15 is 0 Å². The Balaban J connectivity index is 1.65. The maximum Gasteiger partial charge on any atom is 0.322 e. The van der Waals surface area contributed by atoms with Gasteiger partial charge in [-0.15, -0.1) is 11.3 Å². The van der Waals surface area contributed by atoms with E-state index in [1.165, 1.54) is 23.0 Å². The van der Waals surface area contributed by atoms with Crippen LogP contribution in [0.15, 0.2) is 71.6 Å². The summed E-state index contributed by atoms with van der Waals surface area (Å²) < 4.78 is 29.9. The summed E-state index contributed by atoms with van der Waals surface area (Å²) in [5.41, 5.74) is 2.30. The van der Waals surface area contributed by atoms with Gasteiger partial charge in [0.15, 0.2) is 0 Å². The first-order valence-corrected chi connectivity index (χ1v) is 12.9. The summed E-state index contributed by atoms with van der Waals surface area (Å²) in [5, 5.41) is 11.4. The van der Waals surface area contributed by atoms with Gasteiger partial charge < -0.3 is 10.0 Å². The summed E-state index contributed by atoms with van der Waals surface area (Å²) in [6, 6.07) is 20.3. The molecular formula is C25H26N2O4S2. The molecule has 0 aliphatic carbocycles. The van der Waals surface area contributed by atoms with Crippen molar-refractivity contribution in [3.05, 3.63) is 72.3 Å². The highest BCUT2D eigenvalue weighted by atomic mass is 32.2. The summed E-state index contributed by atoms with van der Waals surface area (Å²) in [6.07, 6.45) is 0. The number of carbonyl (C=O) groups is 1. The Labute approximate surface area is 197 Å².